The van der Waals surface area contributed by atoms with Crippen molar-refractivity contribution < 1.29 is 23.1 Å². The van der Waals surface area contributed by atoms with Crippen molar-refractivity contribution in [3.63, 3.8) is 0 Å². The van der Waals surface area contributed by atoms with Crippen LogP contribution in [-0.4, -0.2) is 37.1 Å². The summed E-state index contributed by atoms with van der Waals surface area (Å²) in [6.45, 7) is 6.81. The first-order chi connectivity index (χ1) is 9.15. The second kappa shape index (κ2) is 6.26. The number of carboxylic acids is 1. The lowest BCUT2D eigenvalue weighted by molar-refractivity contribution is 0.0696. The Morgan fingerprint density at radius 1 is 1.25 bits per heavy atom. The van der Waals surface area contributed by atoms with E-state index in [2.05, 4.69) is 0 Å². The Morgan fingerprint density at radius 3 is 2.15 bits per heavy atom. The lowest BCUT2D eigenvalue weighted by Crippen LogP contribution is -2.22. The number of rotatable bonds is 6. The van der Waals surface area contributed by atoms with E-state index in [0.29, 0.717) is 16.9 Å². The van der Waals surface area contributed by atoms with E-state index in [1.165, 1.54) is 12.1 Å². The Labute approximate surface area is 119 Å². The lowest BCUT2D eigenvalue weighted by atomic mass is 10.1. The molecule has 5 nitrogen and oxygen atoms in total. The fraction of sp³-hybridized carbons (Fsp3) is 0.500. The summed E-state index contributed by atoms with van der Waals surface area (Å²) in [6.07, 6.45) is 0. The summed E-state index contributed by atoms with van der Waals surface area (Å²) >= 11 is 0. The van der Waals surface area contributed by atoms with E-state index in [4.69, 9.17) is 9.84 Å². The molecule has 1 aromatic carbocycles. The van der Waals surface area contributed by atoms with Gasteiger partial charge in [-0.05, 0) is 51.0 Å². The highest BCUT2D eigenvalue weighted by atomic mass is 32.2. The van der Waals surface area contributed by atoms with Crippen molar-refractivity contribution in [2.75, 3.05) is 12.4 Å². The zero-order valence-corrected chi connectivity index (χ0v) is 13.0. The van der Waals surface area contributed by atoms with Crippen LogP contribution in [0.1, 0.15) is 35.3 Å². The normalized spacial score (nSPS) is 11.7. The third-order valence-electron chi connectivity index (χ3n) is 3.04. The van der Waals surface area contributed by atoms with Crippen LogP contribution in [0.2, 0.25) is 0 Å². The SMILES string of the molecule is Cc1cc(C(=O)O)cc(C)c1OCCS(=O)(=O)C(C)C. The molecule has 20 heavy (non-hydrogen) atoms. The summed E-state index contributed by atoms with van der Waals surface area (Å²) in [5, 5.41) is 8.52. The summed E-state index contributed by atoms with van der Waals surface area (Å²) in [7, 11) is -3.13. The molecular formula is C14H20O5S. The third-order valence-corrected chi connectivity index (χ3v) is 5.21. The fourth-order valence-corrected chi connectivity index (χ4v) is 2.58. The molecule has 0 fully saturated rings. The van der Waals surface area contributed by atoms with Crippen LogP contribution in [0, 0.1) is 13.8 Å². The van der Waals surface area contributed by atoms with E-state index in [1.807, 2.05) is 0 Å². The van der Waals surface area contributed by atoms with Gasteiger partial charge in [0.05, 0.1) is 16.6 Å². The highest BCUT2D eigenvalue weighted by Gasteiger charge is 2.17. The Balaban J connectivity index is 2.82. The molecule has 0 aliphatic heterocycles. The minimum atomic E-state index is -3.13. The highest BCUT2D eigenvalue weighted by Crippen LogP contribution is 2.25. The maximum atomic E-state index is 11.7. The van der Waals surface area contributed by atoms with E-state index in [-0.39, 0.29) is 17.9 Å². The van der Waals surface area contributed by atoms with E-state index < -0.39 is 21.1 Å². The molecule has 0 aromatic heterocycles. The molecule has 0 bridgehead atoms. The minimum absolute atomic E-state index is 0.0514. The Kier molecular flexibility index (Phi) is 5.16. The first-order valence-corrected chi connectivity index (χ1v) is 8.05. The number of hydrogen-bond acceptors (Lipinski definition) is 4. The van der Waals surface area contributed by atoms with Crippen LogP contribution >= 0.6 is 0 Å². The van der Waals surface area contributed by atoms with E-state index >= 15 is 0 Å². The summed E-state index contributed by atoms with van der Waals surface area (Å²) < 4.78 is 28.9. The van der Waals surface area contributed by atoms with Gasteiger partial charge in [0.25, 0.3) is 0 Å². The second-order valence-corrected chi connectivity index (χ2v) is 7.69. The molecular weight excluding hydrogens is 280 g/mol. The van der Waals surface area contributed by atoms with Crippen LogP contribution in [0.25, 0.3) is 0 Å². The minimum Gasteiger partial charge on any atom is -0.492 e. The Hall–Kier alpha value is -1.56. The van der Waals surface area contributed by atoms with E-state index in [1.54, 1.807) is 27.7 Å². The predicted octanol–water partition coefficient (Wildman–Crippen LogP) is 2.20. The van der Waals surface area contributed by atoms with Gasteiger partial charge in [0.1, 0.15) is 12.4 Å². The molecule has 112 valence electrons. The molecule has 0 radical (unpaired) electrons. The number of benzene rings is 1. The van der Waals surface area contributed by atoms with Crippen molar-refractivity contribution in [1.82, 2.24) is 0 Å². The molecule has 0 heterocycles. The molecule has 6 heteroatoms. The third kappa shape index (κ3) is 3.96. The summed E-state index contributed by atoms with van der Waals surface area (Å²) in [4.78, 5) is 10.9. The number of aromatic carboxylic acids is 1. The van der Waals surface area contributed by atoms with Crippen LogP contribution in [-0.2, 0) is 9.84 Å². The summed E-state index contributed by atoms with van der Waals surface area (Å²) in [6, 6.07) is 3.03. The Morgan fingerprint density at radius 2 is 1.75 bits per heavy atom. The first kappa shape index (κ1) is 16.5. The van der Waals surface area contributed by atoms with Crippen molar-refractivity contribution in [2.24, 2.45) is 0 Å². The first-order valence-electron chi connectivity index (χ1n) is 6.34. The number of carboxylic acid groups (broad SMARTS) is 1. The van der Waals surface area contributed by atoms with Crippen LogP contribution in [0.3, 0.4) is 0 Å². The van der Waals surface area contributed by atoms with Crippen molar-refractivity contribution in [3.8, 4) is 5.75 Å². The lowest BCUT2D eigenvalue weighted by Gasteiger charge is -2.14. The predicted molar refractivity (Wildman–Crippen MR) is 77.3 cm³/mol. The largest absolute Gasteiger partial charge is 0.492 e. The average Bonchev–Trinajstić information content (AvgIpc) is 2.31. The van der Waals surface area contributed by atoms with Gasteiger partial charge < -0.3 is 9.84 Å². The number of ether oxygens (including phenoxy) is 1. The summed E-state index contributed by atoms with van der Waals surface area (Å²) in [5.74, 6) is -0.497. The molecule has 0 atom stereocenters. The number of aryl methyl sites for hydroxylation is 2. The van der Waals surface area contributed by atoms with E-state index in [0.717, 1.165) is 0 Å². The van der Waals surface area contributed by atoms with Crippen LogP contribution in [0.4, 0.5) is 0 Å². The molecule has 0 saturated carbocycles. The molecule has 1 N–H and O–H groups in total. The molecule has 0 aliphatic carbocycles. The maximum Gasteiger partial charge on any atom is 0.335 e. The Bertz CT molecular complexity index is 579. The van der Waals surface area contributed by atoms with Crippen molar-refractivity contribution in [1.29, 1.82) is 0 Å². The summed E-state index contributed by atoms with van der Waals surface area (Å²) in [5.41, 5.74) is 1.57. The van der Waals surface area contributed by atoms with Crippen molar-refractivity contribution in [2.45, 2.75) is 32.9 Å². The molecule has 0 aliphatic rings. The van der Waals surface area contributed by atoms with Crippen LogP contribution in [0.15, 0.2) is 12.1 Å². The molecule has 0 amide bonds. The van der Waals surface area contributed by atoms with Gasteiger partial charge in [-0.1, -0.05) is 0 Å². The van der Waals surface area contributed by atoms with Gasteiger partial charge in [-0.2, -0.15) is 0 Å². The zero-order valence-electron chi connectivity index (χ0n) is 12.1. The molecule has 1 rings (SSSR count). The number of sulfone groups is 1. The molecule has 1 aromatic rings. The fourth-order valence-electron chi connectivity index (χ4n) is 1.80. The van der Waals surface area contributed by atoms with Crippen LogP contribution < -0.4 is 4.74 Å². The van der Waals surface area contributed by atoms with Gasteiger partial charge in [0.15, 0.2) is 9.84 Å². The standard InChI is InChI=1S/C14H20O5S/c1-9(2)20(17,18)6-5-19-13-10(3)7-12(14(15)16)8-11(13)4/h7-9H,5-6H2,1-4H3,(H,15,16). The van der Waals surface area contributed by atoms with Gasteiger partial charge in [-0.3, -0.25) is 0 Å². The van der Waals surface area contributed by atoms with Crippen LogP contribution in [0.5, 0.6) is 5.75 Å². The van der Waals surface area contributed by atoms with Gasteiger partial charge in [0, 0.05) is 0 Å². The maximum absolute atomic E-state index is 11.7. The quantitative estimate of drug-likeness (QED) is 0.871. The topological polar surface area (TPSA) is 80.7 Å². The zero-order chi connectivity index (χ0) is 15.5. The highest BCUT2D eigenvalue weighted by molar-refractivity contribution is 7.91. The molecule has 0 unspecified atom stereocenters. The van der Waals surface area contributed by atoms with Crippen molar-refractivity contribution in [3.05, 3.63) is 28.8 Å². The number of hydrogen-bond donors (Lipinski definition) is 1. The van der Waals surface area contributed by atoms with Gasteiger partial charge in [-0.25, -0.2) is 13.2 Å². The number of carbonyl (C=O) groups is 1. The monoisotopic (exact) mass is 300 g/mol. The average molecular weight is 300 g/mol. The van der Waals surface area contributed by atoms with Gasteiger partial charge in [-0.15, -0.1) is 0 Å². The van der Waals surface area contributed by atoms with Gasteiger partial charge >= 0.3 is 5.97 Å². The smallest absolute Gasteiger partial charge is 0.335 e. The van der Waals surface area contributed by atoms with E-state index in [9.17, 15) is 13.2 Å². The molecule has 0 spiro atoms. The van der Waals surface area contributed by atoms with Crippen molar-refractivity contribution >= 4 is 15.8 Å². The van der Waals surface area contributed by atoms with Gasteiger partial charge in [0.2, 0.25) is 0 Å². The second-order valence-electron chi connectivity index (χ2n) is 5.01. The molecule has 0 saturated heterocycles.